The fourth-order valence-electron chi connectivity index (χ4n) is 2.17. The van der Waals surface area contributed by atoms with Crippen molar-refractivity contribution in [2.24, 2.45) is 0 Å². The predicted molar refractivity (Wildman–Crippen MR) is 87.2 cm³/mol. The van der Waals surface area contributed by atoms with Gasteiger partial charge in [0.2, 0.25) is 5.75 Å². The van der Waals surface area contributed by atoms with Gasteiger partial charge in [0.25, 0.3) is 5.91 Å². The van der Waals surface area contributed by atoms with Crippen LogP contribution in [-0.2, 0) is 0 Å². The summed E-state index contributed by atoms with van der Waals surface area (Å²) in [5, 5.41) is 0. The van der Waals surface area contributed by atoms with Crippen molar-refractivity contribution >= 4 is 5.91 Å². The number of nitrogens with zero attached hydrogens (tertiary/aromatic N) is 1. The molecular formula is C17H27NO4. The van der Waals surface area contributed by atoms with Crippen LogP contribution in [-0.4, -0.2) is 44.2 Å². The molecule has 22 heavy (non-hydrogen) atoms. The summed E-state index contributed by atoms with van der Waals surface area (Å²) in [6, 6.07) is 3.46. The monoisotopic (exact) mass is 309 g/mol. The van der Waals surface area contributed by atoms with Crippen molar-refractivity contribution < 1.29 is 19.0 Å². The molecule has 0 saturated heterocycles. The molecule has 1 rings (SSSR count). The molecule has 0 aromatic heterocycles. The molecular weight excluding hydrogens is 282 g/mol. The molecule has 0 atom stereocenters. The summed E-state index contributed by atoms with van der Waals surface area (Å²) >= 11 is 0. The first-order valence-corrected chi connectivity index (χ1v) is 7.90. The lowest BCUT2D eigenvalue weighted by Crippen LogP contribution is -2.27. The number of rotatable bonds is 9. The first-order valence-electron chi connectivity index (χ1n) is 7.90. The summed E-state index contributed by atoms with van der Waals surface area (Å²) in [6.07, 6.45) is 0.913. The number of carbonyl (C=O) groups excluding carboxylic acids is 1. The molecule has 0 aliphatic carbocycles. The van der Waals surface area contributed by atoms with E-state index in [1.54, 1.807) is 24.1 Å². The smallest absolute Gasteiger partial charge is 0.253 e. The molecule has 1 aromatic rings. The maximum Gasteiger partial charge on any atom is 0.253 e. The number of benzene rings is 1. The standard InChI is InChI=1S/C17H27NO4/c1-6-10-18(5)17(19)13-11-14(20-7-2)16(22-9-4)15(12-13)21-8-3/h11-12H,6-10H2,1-5H3. The Balaban J connectivity index is 3.26. The van der Waals surface area contributed by atoms with Crippen molar-refractivity contribution in [3.63, 3.8) is 0 Å². The summed E-state index contributed by atoms with van der Waals surface area (Å²) in [6.45, 7) is 9.94. The molecule has 1 amide bonds. The van der Waals surface area contributed by atoms with Gasteiger partial charge in [0.15, 0.2) is 11.5 Å². The first kappa shape index (κ1) is 18.1. The number of hydrogen-bond acceptors (Lipinski definition) is 4. The normalized spacial score (nSPS) is 10.2. The molecule has 0 heterocycles. The number of amides is 1. The van der Waals surface area contributed by atoms with E-state index in [2.05, 4.69) is 0 Å². The highest BCUT2D eigenvalue weighted by atomic mass is 16.5. The fourth-order valence-corrected chi connectivity index (χ4v) is 2.17. The van der Waals surface area contributed by atoms with Crippen LogP contribution in [0.25, 0.3) is 0 Å². The van der Waals surface area contributed by atoms with Crippen molar-refractivity contribution in [1.82, 2.24) is 4.90 Å². The molecule has 0 bridgehead atoms. The van der Waals surface area contributed by atoms with Crippen molar-refractivity contribution in [3.05, 3.63) is 17.7 Å². The van der Waals surface area contributed by atoms with Crippen LogP contribution in [0.4, 0.5) is 0 Å². The lowest BCUT2D eigenvalue weighted by molar-refractivity contribution is 0.0794. The highest BCUT2D eigenvalue weighted by molar-refractivity contribution is 5.95. The zero-order valence-corrected chi connectivity index (χ0v) is 14.3. The van der Waals surface area contributed by atoms with Gasteiger partial charge >= 0.3 is 0 Å². The van der Waals surface area contributed by atoms with Crippen LogP contribution < -0.4 is 14.2 Å². The highest BCUT2D eigenvalue weighted by Crippen LogP contribution is 2.39. The lowest BCUT2D eigenvalue weighted by atomic mass is 10.1. The van der Waals surface area contributed by atoms with Gasteiger partial charge in [0.1, 0.15) is 0 Å². The predicted octanol–water partition coefficient (Wildman–Crippen LogP) is 3.36. The van der Waals surface area contributed by atoms with Gasteiger partial charge in [0.05, 0.1) is 19.8 Å². The van der Waals surface area contributed by atoms with Crippen LogP contribution in [0.3, 0.4) is 0 Å². The minimum atomic E-state index is -0.0493. The molecule has 0 spiro atoms. The summed E-state index contributed by atoms with van der Waals surface area (Å²) in [5.74, 6) is 1.60. The van der Waals surface area contributed by atoms with Gasteiger partial charge in [-0.05, 0) is 39.3 Å². The van der Waals surface area contributed by atoms with E-state index in [1.807, 2.05) is 27.7 Å². The molecule has 124 valence electrons. The van der Waals surface area contributed by atoms with Crippen LogP contribution in [0, 0.1) is 0 Å². The van der Waals surface area contributed by atoms with E-state index in [-0.39, 0.29) is 5.91 Å². The van der Waals surface area contributed by atoms with Gasteiger partial charge in [-0.25, -0.2) is 0 Å². The van der Waals surface area contributed by atoms with E-state index in [4.69, 9.17) is 14.2 Å². The maximum absolute atomic E-state index is 12.5. The molecule has 5 heteroatoms. The Morgan fingerprint density at radius 1 is 0.955 bits per heavy atom. The highest BCUT2D eigenvalue weighted by Gasteiger charge is 2.20. The summed E-state index contributed by atoms with van der Waals surface area (Å²) in [7, 11) is 1.79. The quantitative estimate of drug-likeness (QED) is 0.702. The van der Waals surface area contributed by atoms with E-state index in [0.717, 1.165) is 6.42 Å². The largest absolute Gasteiger partial charge is 0.490 e. The van der Waals surface area contributed by atoms with Gasteiger partial charge in [0, 0.05) is 19.2 Å². The van der Waals surface area contributed by atoms with Crippen LogP contribution in [0.2, 0.25) is 0 Å². The lowest BCUT2D eigenvalue weighted by Gasteiger charge is -2.20. The van der Waals surface area contributed by atoms with Crippen LogP contribution >= 0.6 is 0 Å². The first-order chi connectivity index (χ1) is 10.6. The topological polar surface area (TPSA) is 48.0 Å². The van der Waals surface area contributed by atoms with E-state index < -0.39 is 0 Å². The summed E-state index contributed by atoms with van der Waals surface area (Å²) < 4.78 is 16.9. The average Bonchev–Trinajstić information content (AvgIpc) is 2.50. The zero-order valence-electron chi connectivity index (χ0n) is 14.3. The Kier molecular flexibility index (Phi) is 7.57. The molecule has 0 aliphatic rings. The number of hydrogen-bond donors (Lipinski definition) is 0. The van der Waals surface area contributed by atoms with Crippen LogP contribution in [0.1, 0.15) is 44.5 Å². The Morgan fingerprint density at radius 3 is 1.86 bits per heavy atom. The van der Waals surface area contributed by atoms with Gasteiger partial charge in [-0.2, -0.15) is 0 Å². The van der Waals surface area contributed by atoms with Crippen LogP contribution in [0.15, 0.2) is 12.1 Å². The van der Waals surface area contributed by atoms with Crippen molar-refractivity contribution in [1.29, 1.82) is 0 Å². The van der Waals surface area contributed by atoms with E-state index in [0.29, 0.717) is 49.2 Å². The third kappa shape index (κ3) is 4.55. The third-order valence-corrected chi connectivity index (χ3v) is 3.06. The second-order valence-corrected chi connectivity index (χ2v) is 4.83. The Bertz CT molecular complexity index is 461. The van der Waals surface area contributed by atoms with E-state index in [9.17, 15) is 4.79 Å². The SMILES string of the molecule is CCCN(C)C(=O)c1cc(OCC)c(OCC)c(OCC)c1. The molecule has 5 nitrogen and oxygen atoms in total. The van der Waals surface area contributed by atoms with E-state index >= 15 is 0 Å². The zero-order chi connectivity index (χ0) is 16.5. The van der Waals surface area contributed by atoms with Gasteiger partial charge in [-0.15, -0.1) is 0 Å². The molecule has 0 fully saturated rings. The van der Waals surface area contributed by atoms with Crippen molar-refractivity contribution in [2.75, 3.05) is 33.4 Å². The third-order valence-electron chi connectivity index (χ3n) is 3.06. The molecule has 0 saturated carbocycles. The van der Waals surface area contributed by atoms with Crippen LogP contribution in [0.5, 0.6) is 17.2 Å². The fraction of sp³-hybridized carbons (Fsp3) is 0.588. The average molecular weight is 309 g/mol. The second kappa shape index (κ2) is 9.18. The number of ether oxygens (including phenoxy) is 3. The molecule has 0 N–H and O–H groups in total. The molecule has 1 aromatic carbocycles. The van der Waals surface area contributed by atoms with Crippen molar-refractivity contribution in [2.45, 2.75) is 34.1 Å². The second-order valence-electron chi connectivity index (χ2n) is 4.83. The molecule has 0 aliphatic heterocycles. The minimum absolute atomic E-state index is 0.0493. The van der Waals surface area contributed by atoms with Gasteiger partial charge in [-0.1, -0.05) is 6.92 Å². The van der Waals surface area contributed by atoms with Gasteiger partial charge in [-0.3, -0.25) is 4.79 Å². The Labute approximate surface area is 133 Å². The Morgan fingerprint density at radius 2 is 1.45 bits per heavy atom. The van der Waals surface area contributed by atoms with Gasteiger partial charge < -0.3 is 19.1 Å². The minimum Gasteiger partial charge on any atom is -0.490 e. The summed E-state index contributed by atoms with van der Waals surface area (Å²) in [4.78, 5) is 14.2. The van der Waals surface area contributed by atoms with E-state index in [1.165, 1.54) is 0 Å². The molecule has 0 radical (unpaired) electrons. The Hall–Kier alpha value is -1.91. The van der Waals surface area contributed by atoms with Crippen molar-refractivity contribution in [3.8, 4) is 17.2 Å². The number of carbonyl (C=O) groups is 1. The maximum atomic E-state index is 12.5. The summed E-state index contributed by atoms with van der Waals surface area (Å²) in [5.41, 5.74) is 0.548. The molecule has 0 unspecified atom stereocenters.